The quantitative estimate of drug-likeness (QED) is 0.424. The number of ether oxygens (including phenoxy) is 3. The first kappa shape index (κ1) is 25.6. The number of methoxy groups -OCH3 is 1. The maximum Gasteiger partial charge on any atom is 0.338 e. The van der Waals surface area contributed by atoms with E-state index in [2.05, 4.69) is 5.32 Å². The summed E-state index contributed by atoms with van der Waals surface area (Å²) in [4.78, 5) is 24.4. The number of para-hydroxylation sites is 2. The first-order valence-electron chi connectivity index (χ1n) is 10.7. The molecule has 0 atom stereocenters. The zero-order valence-corrected chi connectivity index (χ0v) is 20.4. The summed E-state index contributed by atoms with van der Waals surface area (Å²) in [6.45, 7) is 1.91. The third-order valence-electron chi connectivity index (χ3n) is 4.96. The van der Waals surface area contributed by atoms with Gasteiger partial charge in [-0.15, -0.1) is 0 Å². The standard InChI is InChI=1S/C25H26N2O7S/c1-4-33-20-13-11-19(12-14-20)26-24(28)17-34-25(29)18-9-15-21(16-10-18)35(30,31)27(2)22-7-5-6-8-23(22)32-3/h5-16H,4,17H2,1-3H3,(H,26,28). The first-order valence-corrected chi connectivity index (χ1v) is 12.1. The second kappa shape index (κ2) is 11.4. The minimum atomic E-state index is -3.91. The Morgan fingerprint density at radius 3 is 2.23 bits per heavy atom. The van der Waals surface area contributed by atoms with Crippen molar-refractivity contribution >= 4 is 33.3 Å². The summed E-state index contributed by atoms with van der Waals surface area (Å²) in [5, 5.41) is 2.62. The van der Waals surface area contributed by atoms with Gasteiger partial charge in [0.1, 0.15) is 11.5 Å². The molecule has 10 heteroatoms. The molecule has 184 valence electrons. The second-order valence-electron chi connectivity index (χ2n) is 7.25. The summed E-state index contributed by atoms with van der Waals surface area (Å²) < 4.78 is 42.8. The molecule has 9 nitrogen and oxygen atoms in total. The van der Waals surface area contributed by atoms with Crippen LogP contribution in [0.2, 0.25) is 0 Å². The molecular formula is C25H26N2O7S. The number of nitrogens with zero attached hydrogens (tertiary/aromatic N) is 1. The molecule has 0 aliphatic heterocycles. The van der Waals surface area contributed by atoms with Crippen LogP contribution in [0.25, 0.3) is 0 Å². The molecule has 3 rings (SSSR count). The van der Waals surface area contributed by atoms with Crippen LogP contribution in [0.4, 0.5) is 11.4 Å². The molecule has 35 heavy (non-hydrogen) atoms. The number of amides is 1. The summed E-state index contributed by atoms with van der Waals surface area (Å²) in [5.41, 5.74) is 1.01. The molecule has 0 spiro atoms. The lowest BCUT2D eigenvalue weighted by atomic mass is 10.2. The molecule has 0 heterocycles. The number of anilines is 2. The fraction of sp³-hybridized carbons (Fsp3) is 0.200. The highest BCUT2D eigenvalue weighted by Gasteiger charge is 2.24. The molecule has 0 aromatic heterocycles. The van der Waals surface area contributed by atoms with Crippen LogP contribution in [0.5, 0.6) is 11.5 Å². The number of carbonyl (C=O) groups is 2. The zero-order valence-electron chi connectivity index (χ0n) is 19.6. The average molecular weight is 499 g/mol. The van der Waals surface area contributed by atoms with Gasteiger partial charge >= 0.3 is 5.97 Å². The van der Waals surface area contributed by atoms with Crippen molar-refractivity contribution in [3.05, 3.63) is 78.4 Å². The predicted molar refractivity (Wildman–Crippen MR) is 132 cm³/mol. The van der Waals surface area contributed by atoms with Crippen molar-refractivity contribution in [3.8, 4) is 11.5 Å². The molecule has 1 amide bonds. The molecule has 0 saturated carbocycles. The van der Waals surface area contributed by atoms with E-state index in [1.807, 2.05) is 6.92 Å². The lowest BCUT2D eigenvalue weighted by Gasteiger charge is -2.21. The number of esters is 1. The largest absolute Gasteiger partial charge is 0.495 e. The van der Waals surface area contributed by atoms with Crippen LogP contribution in [0.1, 0.15) is 17.3 Å². The zero-order chi connectivity index (χ0) is 25.4. The summed E-state index contributed by atoms with van der Waals surface area (Å²) in [7, 11) is -1.03. The van der Waals surface area contributed by atoms with Gasteiger partial charge in [0.15, 0.2) is 6.61 Å². The number of hydrogen-bond acceptors (Lipinski definition) is 7. The number of carbonyl (C=O) groups excluding carboxylic acids is 2. The number of benzene rings is 3. The minimum Gasteiger partial charge on any atom is -0.495 e. The summed E-state index contributed by atoms with van der Waals surface area (Å²) in [5.74, 6) is -0.187. The van der Waals surface area contributed by atoms with Gasteiger partial charge in [0.25, 0.3) is 15.9 Å². The van der Waals surface area contributed by atoms with E-state index in [9.17, 15) is 18.0 Å². The van der Waals surface area contributed by atoms with Crippen LogP contribution < -0.4 is 19.1 Å². The van der Waals surface area contributed by atoms with Crippen LogP contribution in [-0.4, -0.2) is 47.7 Å². The summed E-state index contributed by atoms with van der Waals surface area (Å²) in [6, 6.07) is 18.8. The highest BCUT2D eigenvalue weighted by atomic mass is 32.2. The third-order valence-corrected chi connectivity index (χ3v) is 6.74. The van der Waals surface area contributed by atoms with Gasteiger partial charge in [0, 0.05) is 12.7 Å². The van der Waals surface area contributed by atoms with E-state index in [4.69, 9.17) is 14.2 Å². The number of sulfonamides is 1. The number of nitrogens with one attached hydrogen (secondary N) is 1. The van der Waals surface area contributed by atoms with Crippen LogP contribution in [0, 0.1) is 0 Å². The van der Waals surface area contributed by atoms with Gasteiger partial charge in [-0.2, -0.15) is 0 Å². The van der Waals surface area contributed by atoms with Crippen molar-refractivity contribution in [3.63, 3.8) is 0 Å². The molecule has 1 N–H and O–H groups in total. The van der Waals surface area contributed by atoms with Crippen molar-refractivity contribution in [2.24, 2.45) is 0 Å². The fourth-order valence-corrected chi connectivity index (χ4v) is 4.36. The van der Waals surface area contributed by atoms with Crippen LogP contribution in [-0.2, 0) is 19.6 Å². The number of hydrogen-bond donors (Lipinski definition) is 1. The van der Waals surface area contributed by atoms with E-state index in [-0.39, 0.29) is 10.5 Å². The van der Waals surface area contributed by atoms with Gasteiger partial charge < -0.3 is 19.5 Å². The fourth-order valence-electron chi connectivity index (χ4n) is 3.15. The molecule has 0 aliphatic rings. The smallest absolute Gasteiger partial charge is 0.338 e. The molecule has 0 fully saturated rings. The number of rotatable bonds is 10. The normalized spacial score (nSPS) is 10.8. The van der Waals surface area contributed by atoms with Gasteiger partial charge in [-0.1, -0.05) is 12.1 Å². The second-order valence-corrected chi connectivity index (χ2v) is 9.22. The van der Waals surface area contributed by atoms with Crippen molar-refractivity contribution in [2.45, 2.75) is 11.8 Å². The van der Waals surface area contributed by atoms with Crippen molar-refractivity contribution < 1.29 is 32.2 Å². The lowest BCUT2D eigenvalue weighted by molar-refractivity contribution is -0.119. The highest BCUT2D eigenvalue weighted by molar-refractivity contribution is 7.92. The predicted octanol–water partition coefficient (Wildman–Crippen LogP) is 3.71. The van der Waals surface area contributed by atoms with E-state index < -0.39 is 28.5 Å². The van der Waals surface area contributed by atoms with Crippen LogP contribution >= 0.6 is 0 Å². The Kier molecular flexibility index (Phi) is 8.32. The Hall–Kier alpha value is -4.05. The van der Waals surface area contributed by atoms with Gasteiger partial charge in [-0.3, -0.25) is 9.10 Å². The van der Waals surface area contributed by atoms with Gasteiger partial charge in [-0.25, -0.2) is 13.2 Å². The Morgan fingerprint density at radius 2 is 1.60 bits per heavy atom. The molecule has 0 radical (unpaired) electrons. The van der Waals surface area contributed by atoms with E-state index >= 15 is 0 Å². The SMILES string of the molecule is CCOc1ccc(NC(=O)COC(=O)c2ccc(S(=O)(=O)N(C)c3ccccc3OC)cc2)cc1. The van der Waals surface area contributed by atoms with Crippen molar-refractivity contribution in [1.82, 2.24) is 0 Å². The molecule has 0 aliphatic carbocycles. The Bertz CT molecular complexity index is 1270. The third kappa shape index (κ3) is 6.30. The van der Waals surface area contributed by atoms with E-state index in [1.54, 1.807) is 48.5 Å². The average Bonchev–Trinajstić information content (AvgIpc) is 2.88. The monoisotopic (exact) mass is 498 g/mol. The van der Waals surface area contributed by atoms with E-state index in [0.717, 1.165) is 4.31 Å². The van der Waals surface area contributed by atoms with Gasteiger partial charge in [-0.05, 0) is 67.6 Å². The summed E-state index contributed by atoms with van der Waals surface area (Å²) in [6.07, 6.45) is 0. The molecule has 3 aromatic rings. The molecule has 3 aromatic carbocycles. The van der Waals surface area contributed by atoms with Crippen molar-refractivity contribution in [1.29, 1.82) is 0 Å². The lowest BCUT2D eigenvalue weighted by Crippen LogP contribution is -2.27. The Labute approximate surface area is 204 Å². The van der Waals surface area contributed by atoms with E-state index in [0.29, 0.717) is 29.5 Å². The van der Waals surface area contributed by atoms with Crippen LogP contribution in [0.3, 0.4) is 0 Å². The first-order chi connectivity index (χ1) is 16.8. The molecule has 0 saturated heterocycles. The van der Waals surface area contributed by atoms with E-state index in [1.165, 1.54) is 38.4 Å². The van der Waals surface area contributed by atoms with Crippen LogP contribution in [0.15, 0.2) is 77.7 Å². The maximum atomic E-state index is 13.0. The topological polar surface area (TPSA) is 111 Å². The minimum absolute atomic E-state index is 0.0179. The van der Waals surface area contributed by atoms with Crippen molar-refractivity contribution in [2.75, 3.05) is 37.0 Å². The van der Waals surface area contributed by atoms with Gasteiger partial charge in [0.2, 0.25) is 0 Å². The van der Waals surface area contributed by atoms with Gasteiger partial charge in [0.05, 0.1) is 29.9 Å². The maximum absolute atomic E-state index is 13.0. The Balaban J connectivity index is 1.60. The molecular weight excluding hydrogens is 472 g/mol. The molecule has 0 unspecified atom stereocenters. The highest BCUT2D eigenvalue weighted by Crippen LogP contribution is 2.30. The summed E-state index contributed by atoms with van der Waals surface area (Å²) >= 11 is 0. The molecule has 0 bridgehead atoms. The Morgan fingerprint density at radius 1 is 0.943 bits per heavy atom.